The van der Waals surface area contributed by atoms with Gasteiger partial charge in [0.25, 0.3) is 5.69 Å². The fourth-order valence-electron chi connectivity index (χ4n) is 3.28. The van der Waals surface area contributed by atoms with Crippen molar-refractivity contribution in [1.82, 2.24) is 19.3 Å². The number of para-hydroxylation sites is 2. The van der Waals surface area contributed by atoms with E-state index in [9.17, 15) is 29.3 Å². The molecular formula is C18H14N6NaO7. The molecule has 1 amide bonds. The molecule has 4 aromatic rings. The van der Waals surface area contributed by atoms with E-state index >= 15 is 0 Å². The van der Waals surface area contributed by atoms with Crippen molar-refractivity contribution in [2.75, 3.05) is 5.32 Å². The minimum atomic E-state index is -0.597. The molecule has 32 heavy (non-hydrogen) atoms. The first-order valence-corrected chi connectivity index (χ1v) is 8.84. The largest absolute Gasteiger partial charge is 0.363 e. The summed E-state index contributed by atoms with van der Waals surface area (Å²) in [7, 11) is 0. The van der Waals surface area contributed by atoms with E-state index in [1.807, 2.05) is 0 Å². The summed E-state index contributed by atoms with van der Waals surface area (Å²) >= 11 is 0. The Kier molecular flexibility index (Phi) is 6.34. The zero-order valence-electron chi connectivity index (χ0n) is 16.9. The summed E-state index contributed by atoms with van der Waals surface area (Å²) in [5.41, 5.74) is 1.14. The van der Waals surface area contributed by atoms with Gasteiger partial charge in [-0.1, -0.05) is 12.1 Å². The molecule has 0 saturated carbocycles. The first-order valence-electron chi connectivity index (χ1n) is 8.84. The summed E-state index contributed by atoms with van der Waals surface area (Å²) in [5, 5.41) is 13.2. The van der Waals surface area contributed by atoms with Gasteiger partial charge in [-0.2, -0.15) is 0 Å². The number of imidazole rings is 2. The summed E-state index contributed by atoms with van der Waals surface area (Å²) in [6.45, 7) is 1.13. The summed E-state index contributed by atoms with van der Waals surface area (Å²) in [6.07, 6.45) is 0. The molecule has 2 aromatic heterocycles. The number of H-pyrrole nitrogens is 2. The monoisotopic (exact) mass is 449 g/mol. The first-order chi connectivity index (χ1) is 14.8. The Hall–Kier alpha value is -3.68. The number of nitro benzene ring substituents is 1. The van der Waals surface area contributed by atoms with Crippen molar-refractivity contribution >= 4 is 74.9 Å². The third kappa shape index (κ3) is 4.08. The molecule has 0 fully saturated rings. The van der Waals surface area contributed by atoms with Crippen LogP contribution in [0.1, 0.15) is 6.92 Å². The van der Waals surface area contributed by atoms with Crippen LogP contribution in [0.25, 0.3) is 22.1 Å². The van der Waals surface area contributed by atoms with E-state index in [0.717, 1.165) is 4.73 Å². The molecule has 1 radical (unpaired) electrons. The van der Waals surface area contributed by atoms with E-state index < -0.39 is 22.3 Å². The number of aromatic nitrogens is 4. The van der Waals surface area contributed by atoms with E-state index in [1.165, 1.54) is 23.6 Å². The Morgan fingerprint density at radius 2 is 1.84 bits per heavy atom. The van der Waals surface area contributed by atoms with Crippen LogP contribution in [0.2, 0.25) is 0 Å². The van der Waals surface area contributed by atoms with Gasteiger partial charge in [0.15, 0.2) is 0 Å². The number of aromatic amines is 2. The summed E-state index contributed by atoms with van der Waals surface area (Å²) in [6, 6.07) is 9.47. The molecule has 1 aliphatic rings. The van der Waals surface area contributed by atoms with Gasteiger partial charge < -0.3 is 20.1 Å². The standard InChI is InChI=1S/C11H9N3O4.C7H5N3O3.Na/c1-6(15)18-14-8-4-2-3-7-10(8)13(11(14)17)5-9(16)12-7;11-7-8-4-2-1-3-5(10(12)13)6(4)9-7;/h2-4H,5H2,1H3,(H,12,16);1-3H,(H2,8,9,11);. The molecule has 0 unspecified atom stereocenters. The Morgan fingerprint density at radius 1 is 1.12 bits per heavy atom. The van der Waals surface area contributed by atoms with Crippen molar-refractivity contribution in [2.45, 2.75) is 13.5 Å². The maximum Gasteiger partial charge on any atom is 0.363 e. The fourth-order valence-corrected chi connectivity index (χ4v) is 3.28. The molecule has 0 aliphatic carbocycles. The van der Waals surface area contributed by atoms with Crippen LogP contribution in [-0.4, -0.2) is 65.6 Å². The van der Waals surface area contributed by atoms with Gasteiger partial charge in [0.2, 0.25) is 5.91 Å². The SMILES string of the molecule is CC(=O)On1c(=O)n2c3c(cccc31)NC(=O)C2.O=c1[nH]c2cccc([N+](=O)[O-])c2[nH]1.[Na]. The number of anilines is 1. The third-order valence-corrected chi connectivity index (χ3v) is 4.43. The Bertz CT molecular complexity index is 1500. The quantitative estimate of drug-likeness (QED) is 0.221. The second-order valence-corrected chi connectivity index (χ2v) is 6.50. The molecular weight excluding hydrogens is 435 g/mol. The van der Waals surface area contributed by atoms with E-state index in [2.05, 4.69) is 15.3 Å². The van der Waals surface area contributed by atoms with Gasteiger partial charge >= 0.3 is 17.3 Å². The number of fused-ring (bicyclic) bond motifs is 1. The number of rotatable bonds is 2. The van der Waals surface area contributed by atoms with Crippen LogP contribution in [0, 0.1) is 10.1 Å². The number of amides is 1. The van der Waals surface area contributed by atoms with Gasteiger partial charge in [0.05, 0.1) is 21.6 Å². The number of non-ortho nitro benzene ring substituents is 1. The maximum atomic E-state index is 12.1. The van der Waals surface area contributed by atoms with Crippen molar-refractivity contribution in [3.8, 4) is 0 Å². The van der Waals surface area contributed by atoms with Crippen molar-refractivity contribution in [1.29, 1.82) is 0 Å². The normalized spacial score (nSPS) is 11.8. The van der Waals surface area contributed by atoms with E-state index in [-0.39, 0.29) is 53.2 Å². The molecule has 3 N–H and O–H groups in total. The predicted octanol–water partition coefficient (Wildman–Crippen LogP) is 0.114. The number of nitro groups is 1. The second kappa shape index (κ2) is 8.82. The number of hydrogen-bond donors (Lipinski definition) is 3. The first kappa shape index (κ1) is 23.0. The molecule has 2 aromatic carbocycles. The molecule has 159 valence electrons. The van der Waals surface area contributed by atoms with Crippen LogP contribution in [0.15, 0.2) is 46.0 Å². The van der Waals surface area contributed by atoms with Gasteiger partial charge in [0.1, 0.15) is 17.6 Å². The summed E-state index contributed by atoms with van der Waals surface area (Å²) in [5.74, 6) is -0.877. The fraction of sp³-hybridized carbons (Fsp3) is 0.111. The minimum absolute atomic E-state index is 0. The minimum Gasteiger partial charge on any atom is -0.332 e. The molecule has 0 atom stereocenters. The number of nitrogens with zero attached hydrogens (tertiary/aromatic N) is 3. The molecule has 3 heterocycles. The molecule has 1 aliphatic heterocycles. The zero-order valence-corrected chi connectivity index (χ0v) is 18.9. The third-order valence-electron chi connectivity index (χ3n) is 4.43. The Morgan fingerprint density at radius 3 is 2.53 bits per heavy atom. The van der Waals surface area contributed by atoms with Gasteiger partial charge in [-0.15, -0.1) is 4.73 Å². The van der Waals surface area contributed by atoms with E-state index in [0.29, 0.717) is 22.2 Å². The molecule has 0 saturated heterocycles. The number of nitrogens with one attached hydrogen (secondary N) is 3. The average molecular weight is 449 g/mol. The van der Waals surface area contributed by atoms with E-state index in [4.69, 9.17) is 4.84 Å². The zero-order chi connectivity index (χ0) is 22.3. The Labute approximate surface area is 199 Å². The number of benzene rings is 2. The number of hydrogen-bond acceptors (Lipinski definition) is 7. The number of carbonyl (C=O) groups excluding carboxylic acids is 2. The van der Waals surface area contributed by atoms with Crippen molar-refractivity contribution in [2.24, 2.45) is 0 Å². The topological polar surface area (TPSA) is 174 Å². The van der Waals surface area contributed by atoms with Crippen LogP contribution < -0.4 is 21.5 Å². The molecule has 0 spiro atoms. The molecule has 0 bridgehead atoms. The summed E-state index contributed by atoms with van der Waals surface area (Å²) < 4.78 is 2.19. The van der Waals surface area contributed by atoms with Gasteiger partial charge in [-0.3, -0.25) is 19.5 Å². The second-order valence-electron chi connectivity index (χ2n) is 6.50. The van der Waals surface area contributed by atoms with Gasteiger partial charge in [-0.05, 0) is 18.2 Å². The average Bonchev–Trinajstić information content (AvgIpc) is 3.21. The molecule has 14 heteroatoms. The smallest absolute Gasteiger partial charge is 0.332 e. The van der Waals surface area contributed by atoms with Gasteiger partial charge in [0, 0.05) is 42.5 Å². The van der Waals surface area contributed by atoms with Gasteiger partial charge in [-0.25, -0.2) is 14.4 Å². The van der Waals surface area contributed by atoms with Crippen LogP contribution in [-0.2, 0) is 16.1 Å². The van der Waals surface area contributed by atoms with Crippen LogP contribution in [0.4, 0.5) is 11.4 Å². The van der Waals surface area contributed by atoms with Crippen molar-refractivity contribution in [3.05, 3.63) is 67.5 Å². The van der Waals surface area contributed by atoms with Crippen molar-refractivity contribution in [3.63, 3.8) is 0 Å². The molecule has 5 rings (SSSR count). The van der Waals surface area contributed by atoms with Crippen LogP contribution in [0.5, 0.6) is 0 Å². The number of carbonyl (C=O) groups is 2. The van der Waals surface area contributed by atoms with Crippen molar-refractivity contribution < 1.29 is 19.3 Å². The Balaban J connectivity index is 0.000000184. The predicted molar refractivity (Wildman–Crippen MR) is 113 cm³/mol. The van der Waals surface area contributed by atoms with Crippen LogP contribution >= 0.6 is 0 Å². The summed E-state index contributed by atoms with van der Waals surface area (Å²) in [4.78, 5) is 65.0. The van der Waals surface area contributed by atoms with Crippen LogP contribution in [0.3, 0.4) is 0 Å². The molecule has 13 nitrogen and oxygen atoms in total. The van der Waals surface area contributed by atoms with E-state index in [1.54, 1.807) is 24.3 Å². The maximum absolute atomic E-state index is 12.1.